The molecule has 45 heavy (non-hydrogen) atoms. The molecule has 2 heterocycles. The molecular formula is C40H59NO4. The van der Waals surface area contributed by atoms with Crippen LogP contribution in [0.3, 0.4) is 0 Å². The number of rotatable bonds is 14. The number of carbonyl (C=O) groups is 3. The summed E-state index contributed by atoms with van der Waals surface area (Å²) in [5.74, 6) is 3.05. The molecule has 0 N–H and O–H groups in total. The highest BCUT2D eigenvalue weighted by Gasteiger charge is 2.38. The topological polar surface area (TPSA) is 63.7 Å². The van der Waals surface area contributed by atoms with Gasteiger partial charge in [-0.2, -0.15) is 0 Å². The Morgan fingerprint density at radius 2 is 1.78 bits per heavy atom. The van der Waals surface area contributed by atoms with Crippen molar-refractivity contribution >= 4 is 17.6 Å². The predicted octanol–water partition coefficient (Wildman–Crippen LogP) is 9.45. The number of hydrogen-bond acceptors (Lipinski definition) is 4. The van der Waals surface area contributed by atoms with Crippen LogP contribution in [-0.2, 0) is 27.2 Å². The van der Waals surface area contributed by atoms with Crippen molar-refractivity contribution in [2.45, 2.75) is 130 Å². The first-order chi connectivity index (χ1) is 21.9. The maximum Gasteiger partial charge on any atom is 0.229 e. The van der Waals surface area contributed by atoms with Gasteiger partial charge in [0.15, 0.2) is 0 Å². The number of benzene rings is 2. The van der Waals surface area contributed by atoms with Gasteiger partial charge in [0, 0.05) is 40.1 Å². The van der Waals surface area contributed by atoms with Gasteiger partial charge in [-0.25, -0.2) is 0 Å². The van der Waals surface area contributed by atoms with Crippen LogP contribution in [0.4, 0.5) is 0 Å². The number of ketones is 1. The molecule has 1 aliphatic carbocycles. The fraction of sp³-hybridized carbons (Fsp3) is 0.625. The molecule has 2 aliphatic heterocycles. The minimum Gasteiger partial charge on any atom is -0.493 e. The maximum absolute atomic E-state index is 13.8. The Bertz CT molecular complexity index is 1280. The number of likely N-dealkylation sites (tertiary alicyclic amines) is 1. The summed E-state index contributed by atoms with van der Waals surface area (Å²) in [5, 5.41) is 0. The number of carbonyl (C=O) groups excluding carboxylic acids is 3. The molecular weight excluding hydrogens is 558 g/mol. The Kier molecular flexibility index (Phi) is 13.3. The van der Waals surface area contributed by atoms with Crippen molar-refractivity contribution in [3.63, 3.8) is 0 Å². The van der Waals surface area contributed by atoms with E-state index in [1.165, 1.54) is 27.2 Å². The average molecular weight is 618 g/mol. The van der Waals surface area contributed by atoms with E-state index < -0.39 is 0 Å². The van der Waals surface area contributed by atoms with Crippen LogP contribution in [-0.4, -0.2) is 35.6 Å². The number of ether oxygens (including phenoxy) is 1. The summed E-state index contributed by atoms with van der Waals surface area (Å²) < 4.78 is 5.79. The Hall–Kier alpha value is -2.95. The lowest BCUT2D eigenvalue weighted by Gasteiger charge is -2.41. The van der Waals surface area contributed by atoms with Gasteiger partial charge < -0.3 is 4.74 Å². The molecule has 2 amide bonds. The van der Waals surface area contributed by atoms with Crippen LogP contribution < -0.4 is 4.74 Å². The second-order valence-corrected chi connectivity index (χ2v) is 13.5. The Morgan fingerprint density at radius 3 is 2.51 bits per heavy atom. The van der Waals surface area contributed by atoms with E-state index in [2.05, 4.69) is 63.2 Å². The quantitative estimate of drug-likeness (QED) is 0.198. The van der Waals surface area contributed by atoms with Crippen molar-refractivity contribution in [1.82, 2.24) is 4.90 Å². The van der Waals surface area contributed by atoms with Gasteiger partial charge in [0.05, 0.1) is 6.61 Å². The molecule has 2 aromatic carbocycles. The van der Waals surface area contributed by atoms with Gasteiger partial charge in [-0.15, -0.1) is 0 Å². The number of hydrogen-bond donors (Lipinski definition) is 0. The van der Waals surface area contributed by atoms with E-state index in [0.717, 1.165) is 70.1 Å². The molecule has 0 radical (unpaired) electrons. The van der Waals surface area contributed by atoms with Crippen molar-refractivity contribution in [3.8, 4) is 5.75 Å². The molecule has 0 aromatic heterocycles. The summed E-state index contributed by atoms with van der Waals surface area (Å²) in [6.07, 6.45) is 11.2. The molecule has 4 unspecified atom stereocenters. The van der Waals surface area contributed by atoms with Gasteiger partial charge in [-0.05, 0) is 90.0 Å². The molecule has 5 heteroatoms. The molecule has 5 atom stereocenters. The van der Waals surface area contributed by atoms with Crippen LogP contribution in [0.25, 0.3) is 0 Å². The molecule has 5 rings (SSSR count). The monoisotopic (exact) mass is 617 g/mol. The van der Waals surface area contributed by atoms with Crippen LogP contribution in [0, 0.1) is 17.8 Å². The molecule has 1 saturated carbocycles. The van der Waals surface area contributed by atoms with Crippen LogP contribution in [0.15, 0.2) is 42.5 Å². The van der Waals surface area contributed by atoms with Crippen LogP contribution in [0.1, 0.15) is 141 Å². The lowest BCUT2D eigenvalue weighted by atomic mass is 9.64. The van der Waals surface area contributed by atoms with E-state index in [-0.39, 0.29) is 19.2 Å². The van der Waals surface area contributed by atoms with Gasteiger partial charge in [0.1, 0.15) is 11.5 Å². The van der Waals surface area contributed by atoms with Gasteiger partial charge in [-0.1, -0.05) is 90.3 Å². The minimum atomic E-state index is -0.0310. The SMILES string of the molecule is CC.CCCCC(CC(=O)CC1CC(c2ccc3c(c2)CCO3)C(C)[C@H](CCN2C(=O)CCC2=O)C1)c1cccc(CCC)c1.[HH]. The van der Waals surface area contributed by atoms with E-state index in [4.69, 9.17) is 4.74 Å². The minimum absolute atomic E-state index is 0. The zero-order valence-corrected chi connectivity index (χ0v) is 28.6. The summed E-state index contributed by atoms with van der Waals surface area (Å²) in [5.41, 5.74) is 5.33. The third kappa shape index (κ3) is 9.08. The normalized spacial score (nSPS) is 23.3. The summed E-state index contributed by atoms with van der Waals surface area (Å²) in [7, 11) is 0. The first kappa shape index (κ1) is 34.9. The second kappa shape index (κ2) is 17.1. The first-order valence-corrected chi connectivity index (χ1v) is 18.1. The predicted molar refractivity (Wildman–Crippen MR) is 185 cm³/mol. The largest absolute Gasteiger partial charge is 0.493 e. The molecule has 0 spiro atoms. The number of unbranched alkanes of at least 4 members (excludes halogenated alkanes) is 1. The van der Waals surface area contributed by atoms with Gasteiger partial charge in [0.25, 0.3) is 0 Å². The fourth-order valence-electron chi connectivity index (χ4n) is 8.04. The van der Waals surface area contributed by atoms with E-state index in [0.29, 0.717) is 61.7 Å². The zero-order valence-electron chi connectivity index (χ0n) is 28.6. The summed E-state index contributed by atoms with van der Waals surface area (Å²) in [6.45, 7) is 12.0. The third-order valence-corrected chi connectivity index (χ3v) is 10.5. The van der Waals surface area contributed by atoms with Gasteiger partial charge >= 0.3 is 0 Å². The number of nitrogens with zero attached hydrogens (tertiary/aromatic N) is 1. The molecule has 2 aromatic rings. The van der Waals surface area contributed by atoms with Crippen molar-refractivity contribution < 1.29 is 20.5 Å². The first-order valence-electron chi connectivity index (χ1n) is 18.1. The standard InChI is InChI=1S/C38H51NO4.C2H6.H2/c1-4-6-10-31(30-11-7-9-27(20-30)8-5-2)25-34(40)22-28-21-29(16-18-39-37(41)14-15-38(39)42)26(3)35(23-28)32-12-13-36-33(24-32)17-19-43-36;1-2;/h7,9,11-13,20,24,26,28-29,31,35H,4-6,8,10,14-19,21-23,25H2,1-3H3;1-2H3;1H/t26?,28?,29-,31?,35?;;/m1../s1. The van der Waals surface area contributed by atoms with E-state index in [9.17, 15) is 14.4 Å². The van der Waals surface area contributed by atoms with E-state index in [1.807, 2.05) is 13.8 Å². The van der Waals surface area contributed by atoms with E-state index >= 15 is 0 Å². The van der Waals surface area contributed by atoms with Crippen molar-refractivity contribution in [3.05, 3.63) is 64.7 Å². The summed E-state index contributed by atoms with van der Waals surface area (Å²) >= 11 is 0. The summed E-state index contributed by atoms with van der Waals surface area (Å²) in [4.78, 5) is 40.0. The highest BCUT2D eigenvalue weighted by molar-refractivity contribution is 6.01. The molecule has 2 fully saturated rings. The van der Waals surface area contributed by atoms with Crippen LogP contribution in [0.5, 0.6) is 5.75 Å². The number of aryl methyl sites for hydroxylation is 1. The summed E-state index contributed by atoms with van der Waals surface area (Å²) in [6, 6.07) is 15.6. The van der Waals surface area contributed by atoms with E-state index in [1.54, 1.807) is 0 Å². The third-order valence-electron chi connectivity index (χ3n) is 10.5. The smallest absolute Gasteiger partial charge is 0.229 e. The molecule has 3 aliphatic rings. The molecule has 0 bridgehead atoms. The molecule has 248 valence electrons. The van der Waals surface area contributed by atoms with Gasteiger partial charge in [0.2, 0.25) is 11.8 Å². The highest BCUT2D eigenvalue weighted by Crippen LogP contribution is 2.47. The van der Waals surface area contributed by atoms with Crippen molar-refractivity contribution in [2.24, 2.45) is 17.8 Å². The number of amides is 2. The Morgan fingerprint density at radius 1 is 1.00 bits per heavy atom. The van der Waals surface area contributed by atoms with Crippen molar-refractivity contribution in [2.75, 3.05) is 13.2 Å². The average Bonchev–Trinajstić information content (AvgIpc) is 3.65. The Labute approximate surface area is 274 Å². The van der Waals surface area contributed by atoms with Crippen LogP contribution in [0.2, 0.25) is 0 Å². The second-order valence-electron chi connectivity index (χ2n) is 13.5. The molecule has 5 nitrogen and oxygen atoms in total. The number of fused-ring (bicyclic) bond motifs is 1. The van der Waals surface area contributed by atoms with Crippen molar-refractivity contribution in [1.29, 1.82) is 0 Å². The maximum atomic E-state index is 13.8. The zero-order chi connectivity index (χ0) is 32.3. The van der Waals surface area contributed by atoms with Gasteiger partial charge in [-0.3, -0.25) is 19.3 Å². The fourth-order valence-corrected chi connectivity index (χ4v) is 8.04. The molecule has 1 saturated heterocycles. The van der Waals surface area contributed by atoms with Crippen LogP contribution >= 0.6 is 0 Å². The highest BCUT2D eigenvalue weighted by atomic mass is 16.5. The number of Topliss-reactive ketones (excluding diaryl/α,β-unsaturated/α-hetero) is 1. The lowest BCUT2D eigenvalue weighted by molar-refractivity contribution is -0.138. The Balaban J connectivity index is 0.00000188. The lowest BCUT2D eigenvalue weighted by Crippen LogP contribution is -2.36. The number of imide groups is 1.